The van der Waals surface area contributed by atoms with E-state index in [2.05, 4.69) is 44.1 Å². The molecule has 0 aliphatic carbocycles. The van der Waals surface area contributed by atoms with Gasteiger partial charge in [0.25, 0.3) is 0 Å². The number of hydrogen-bond acceptors (Lipinski definition) is 1. The van der Waals surface area contributed by atoms with E-state index >= 15 is 0 Å². The summed E-state index contributed by atoms with van der Waals surface area (Å²) >= 11 is 6.96. The molecule has 0 bridgehead atoms. The molecule has 0 radical (unpaired) electrons. The molecule has 0 spiro atoms. The number of rotatable bonds is 4. The fraction of sp³-hybridized carbons (Fsp3) is 0.200. The van der Waals surface area contributed by atoms with Crippen molar-refractivity contribution in [2.45, 2.75) is 19.4 Å². The molecule has 2 aromatic carbocycles. The zero-order chi connectivity index (χ0) is 13.8. The monoisotopic (exact) mass is 385 g/mol. The molecule has 0 heterocycles. The molecule has 1 N–H and O–H groups in total. The Morgan fingerprint density at radius 1 is 1.16 bits per heavy atom. The van der Waals surface area contributed by atoms with Gasteiger partial charge in [-0.05, 0) is 65.2 Å². The van der Waals surface area contributed by atoms with Crippen molar-refractivity contribution >= 4 is 37.5 Å². The van der Waals surface area contributed by atoms with Crippen LogP contribution in [0.1, 0.15) is 12.5 Å². The van der Waals surface area contributed by atoms with E-state index in [-0.39, 0.29) is 11.9 Å². The second kappa shape index (κ2) is 6.53. The molecule has 0 fully saturated rings. The smallest absolute Gasteiger partial charge is 0.123 e. The van der Waals surface area contributed by atoms with Gasteiger partial charge in [-0.3, -0.25) is 0 Å². The minimum Gasteiger partial charge on any atom is -0.381 e. The van der Waals surface area contributed by atoms with Crippen LogP contribution in [0, 0.1) is 5.82 Å². The first kappa shape index (κ1) is 14.5. The Morgan fingerprint density at radius 2 is 1.95 bits per heavy atom. The molecule has 100 valence electrons. The van der Waals surface area contributed by atoms with E-state index in [0.29, 0.717) is 0 Å². The van der Waals surface area contributed by atoms with Crippen molar-refractivity contribution in [3.8, 4) is 0 Å². The van der Waals surface area contributed by atoms with Gasteiger partial charge in [-0.1, -0.05) is 28.1 Å². The first-order valence-corrected chi connectivity index (χ1v) is 7.59. The lowest BCUT2D eigenvalue weighted by atomic mass is 10.1. The lowest BCUT2D eigenvalue weighted by molar-refractivity contribution is 0.624. The lowest BCUT2D eigenvalue weighted by Gasteiger charge is -2.17. The molecule has 19 heavy (non-hydrogen) atoms. The minimum atomic E-state index is -0.187. The number of halogens is 3. The summed E-state index contributed by atoms with van der Waals surface area (Å²) in [5.41, 5.74) is 2.02. The number of nitrogens with one attached hydrogen (secondary N) is 1. The normalized spacial score (nSPS) is 12.2. The predicted octanol–water partition coefficient (Wildman–Crippen LogP) is 5.39. The molecule has 1 atom stereocenters. The molecule has 2 aromatic rings. The van der Waals surface area contributed by atoms with Crippen LogP contribution in [0.2, 0.25) is 0 Å². The molecule has 0 aliphatic heterocycles. The summed E-state index contributed by atoms with van der Waals surface area (Å²) in [6, 6.07) is 12.9. The van der Waals surface area contributed by atoms with Crippen LogP contribution in [0.15, 0.2) is 51.4 Å². The van der Waals surface area contributed by atoms with Crippen molar-refractivity contribution in [3.05, 3.63) is 62.8 Å². The quantitative estimate of drug-likeness (QED) is 0.742. The first-order valence-electron chi connectivity index (χ1n) is 6.00. The van der Waals surface area contributed by atoms with Crippen LogP contribution in [-0.4, -0.2) is 6.04 Å². The van der Waals surface area contributed by atoms with Crippen LogP contribution < -0.4 is 5.32 Å². The van der Waals surface area contributed by atoms with E-state index in [1.165, 1.54) is 6.07 Å². The third-order valence-electron chi connectivity index (χ3n) is 2.76. The molecule has 2 rings (SSSR count). The van der Waals surface area contributed by atoms with Gasteiger partial charge in [0.15, 0.2) is 0 Å². The molecular formula is C15H14Br2FN. The molecular weight excluding hydrogens is 373 g/mol. The molecule has 0 saturated heterocycles. The maximum absolute atomic E-state index is 13.1. The van der Waals surface area contributed by atoms with E-state index in [9.17, 15) is 4.39 Å². The largest absolute Gasteiger partial charge is 0.381 e. The van der Waals surface area contributed by atoms with Crippen molar-refractivity contribution < 1.29 is 4.39 Å². The van der Waals surface area contributed by atoms with Gasteiger partial charge in [-0.25, -0.2) is 4.39 Å². The highest BCUT2D eigenvalue weighted by Gasteiger charge is 2.07. The summed E-state index contributed by atoms with van der Waals surface area (Å²) in [7, 11) is 0. The average Bonchev–Trinajstić information content (AvgIpc) is 2.34. The summed E-state index contributed by atoms with van der Waals surface area (Å²) in [5, 5.41) is 3.42. The van der Waals surface area contributed by atoms with Crippen LogP contribution in [0.5, 0.6) is 0 Å². The van der Waals surface area contributed by atoms with Gasteiger partial charge in [0.1, 0.15) is 5.82 Å². The van der Waals surface area contributed by atoms with Gasteiger partial charge >= 0.3 is 0 Å². The van der Waals surface area contributed by atoms with E-state index in [4.69, 9.17) is 0 Å². The zero-order valence-electron chi connectivity index (χ0n) is 10.5. The van der Waals surface area contributed by atoms with Gasteiger partial charge in [-0.15, -0.1) is 0 Å². The average molecular weight is 387 g/mol. The van der Waals surface area contributed by atoms with Gasteiger partial charge < -0.3 is 5.32 Å². The van der Waals surface area contributed by atoms with Crippen molar-refractivity contribution in [2.24, 2.45) is 0 Å². The molecule has 0 aliphatic rings. The third-order valence-corrected chi connectivity index (χ3v) is 3.95. The maximum atomic E-state index is 13.1. The van der Waals surface area contributed by atoms with E-state index in [1.54, 1.807) is 12.1 Å². The van der Waals surface area contributed by atoms with Crippen LogP contribution in [0.4, 0.5) is 10.1 Å². The van der Waals surface area contributed by atoms with Crippen LogP contribution in [0.25, 0.3) is 0 Å². The van der Waals surface area contributed by atoms with Crippen molar-refractivity contribution in [1.82, 2.24) is 0 Å². The lowest BCUT2D eigenvalue weighted by Crippen LogP contribution is -2.18. The van der Waals surface area contributed by atoms with E-state index in [0.717, 1.165) is 26.6 Å². The molecule has 1 unspecified atom stereocenters. The zero-order valence-corrected chi connectivity index (χ0v) is 13.6. The van der Waals surface area contributed by atoms with Crippen molar-refractivity contribution in [1.29, 1.82) is 0 Å². The fourth-order valence-corrected chi connectivity index (χ4v) is 2.66. The Labute approximate surface area is 129 Å². The summed E-state index contributed by atoms with van der Waals surface area (Å²) in [4.78, 5) is 0. The molecule has 0 aromatic heterocycles. The van der Waals surface area contributed by atoms with Gasteiger partial charge in [0.05, 0.1) is 0 Å². The second-order valence-electron chi connectivity index (χ2n) is 4.50. The summed E-state index contributed by atoms with van der Waals surface area (Å²) in [6.07, 6.45) is 0.775. The van der Waals surface area contributed by atoms with Gasteiger partial charge in [-0.2, -0.15) is 0 Å². The topological polar surface area (TPSA) is 12.0 Å². The van der Waals surface area contributed by atoms with Crippen LogP contribution >= 0.6 is 31.9 Å². The highest BCUT2D eigenvalue weighted by atomic mass is 79.9. The Morgan fingerprint density at radius 3 is 2.68 bits per heavy atom. The SMILES string of the molecule is CC(Cc1cccc(F)c1)Nc1cc(Br)ccc1Br. The van der Waals surface area contributed by atoms with Crippen molar-refractivity contribution in [2.75, 3.05) is 5.32 Å². The second-order valence-corrected chi connectivity index (χ2v) is 6.27. The Balaban J connectivity index is 2.05. The number of anilines is 1. The summed E-state index contributed by atoms with van der Waals surface area (Å²) in [5.74, 6) is -0.187. The predicted molar refractivity (Wildman–Crippen MR) is 85.0 cm³/mol. The molecule has 4 heteroatoms. The van der Waals surface area contributed by atoms with E-state index in [1.807, 2.05) is 24.3 Å². The number of benzene rings is 2. The summed E-state index contributed by atoms with van der Waals surface area (Å²) in [6.45, 7) is 2.08. The first-order chi connectivity index (χ1) is 9.04. The Kier molecular flexibility index (Phi) is 4.99. The van der Waals surface area contributed by atoms with Crippen LogP contribution in [-0.2, 0) is 6.42 Å². The Bertz CT molecular complexity index is 572. The minimum absolute atomic E-state index is 0.187. The third kappa shape index (κ3) is 4.32. The number of hydrogen-bond donors (Lipinski definition) is 1. The van der Waals surface area contributed by atoms with Gasteiger partial charge in [0.2, 0.25) is 0 Å². The maximum Gasteiger partial charge on any atom is 0.123 e. The van der Waals surface area contributed by atoms with Gasteiger partial charge in [0, 0.05) is 20.7 Å². The fourth-order valence-electron chi connectivity index (χ4n) is 1.94. The van der Waals surface area contributed by atoms with Crippen molar-refractivity contribution in [3.63, 3.8) is 0 Å². The molecule has 0 saturated carbocycles. The standard InChI is InChI=1S/C15H14Br2FN/c1-10(7-11-3-2-4-13(18)8-11)19-15-9-12(16)5-6-14(15)17/h2-6,8-10,19H,7H2,1H3. The summed E-state index contributed by atoms with van der Waals surface area (Å²) < 4.78 is 15.2. The highest BCUT2D eigenvalue weighted by Crippen LogP contribution is 2.27. The molecule has 0 amide bonds. The molecule has 1 nitrogen and oxygen atoms in total. The highest BCUT2D eigenvalue weighted by molar-refractivity contribution is 9.11. The Hall–Kier alpha value is -0.870. The van der Waals surface area contributed by atoms with E-state index < -0.39 is 0 Å². The van der Waals surface area contributed by atoms with Crippen LogP contribution in [0.3, 0.4) is 0 Å².